The Hall–Kier alpha value is -4.75. The lowest BCUT2D eigenvalue weighted by molar-refractivity contribution is -0.192. The first-order valence-electron chi connectivity index (χ1n) is 13.9. The lowest BCUT2D eigenvalue weighted by atomic mass is 10.0. The van der Waals surface area contributed by atoms with E-state index in [1.54, 1.807) is 12.1 Å². The molecule has 7 rings (SSSR count). The summed E-state index contributed by atoms with van der Waals surface area (Å²) < 4.78 is 39.1. The summed E-state index contributed by atoms with van der Waals surface area (Å²) >= 11 is 6.55. The van der Waals surface area contributed by atoms with Crippen molar-refractivity contribution in [3.8, 4) is 11.3 Å². The Morgan fingerprint density at radius 2 is 1.62 bits per heavy atom. The SMILES string of the molecule is O=C(O)C(F)(F)F.O=C(O)c1ccc(-c2c(C3CC3c3ccc4ccccc4n3)nc3c(N4CCOCC4)cc(Cl)nn23)cc1. The highest BCUT2D eigenvalue weighted by molar-refractivity contribution is 6.29. The first-order chi connectivity index (χ1) is 21.5. The van der Waals surface area contributed by atoms with Gasteiger partial charge in [0.1, 0.15) is 0 Å². The lowest BCUT2D eigenvalue weighted by Gasteiger charge is -2.28. The molecular formula is C31H25ClF3N5O5. The third-order valence-corrected chi connectivity index (χ3v) is 7.89. The zero-order valence-electron chi connectivity index (χ0n) is 23.4. The van der Waals surface area contributed by atoms with Gasteiger partial charge in [-0.2, -0.15) is 18.3 Å². The molecule has 3 aromatic heterocycles. The van der Waals surface area contributed by atoms with Crippen LogP contribution in [0.25, 0.3) is 27.8 Å². The van der Waals surface area contributed by atoms with E-state index < -0.39 is 18.1 Å². The van der Waals surface area contributed by atoms with Crippen LogP contribution in [0.4, 0.5) is 18.9 Å². The van der Waals surface area contributed by atoms with Gasteiger partial charge in [-0.1, -0.05) is 48.0 Å². The summed E-state index contributed by atoms with van der Waals surface area (Å²) in [5.41, 5.74) is 6.53. The number of carbonyl (C=O) groups is 2. The molecule has 1 saturated heterocycles. The summed E-state index contributed by atoms with van der Waals surface area (Å²) in [4.78, 5) is 32.7. The van der Waals surface area contributed by atoms with Gasteiger partial charge in [-0.15, -0.1) is 0 Å². The number of hydrogen-bond donors (Lipinski definition) is 2. The molecule has 1 aliphatic carbocycles. The molecule has 0 bridgehead atoms. The molecule has 2 N–H and O–H groups in total. The van der Waals surface area contributed by atoms with Gasteiger partial charge < -0.3 is 19.8 Å². The second-order valence-electron chi connectivity index (χ2n) is 10.6. The fourth-order valence-corrected chi connectivity index (χ4v) is 5.62. The van der Waals surface area contributed by atoms with E-state index in [9.17, 15) is 23.1 Å². The Balaban J connectivity index is 0.000000460. The van der Waals surface area contributed by atoms with E-state index in [0.717, 1.165) is 64.4 Å². The van der Waals surface area contributed by atoms with E-state index in [4.69, 9.17) is 36.2 Å². The molecular weight excluding hydrogens is 615 g/mol. The molecule has 2 fully saturated rings. The van der Waals surface area contributed by atoms with Crippen molar-refractivity contribution >= 4 is 45.8 Å². The highest BCUT2D eigenvalue weighted by atomic mass is 35.5. The van der Waals surface area contributed by atoms with Crippen molar-refractivity contribution in [2.45, 2.75) is 24.4 Å². The molecule has 2 aliphatic rings. The first kappa shape index (κ1) is 30.3. The number of carboxylic acid groups (broad SMARTS) is 2. The Morgan fingerprint density at radius 3 is 2.29 bits per heavy atom. The van der Waals surface area contributed by atoms with Gasteiger partial charge in [0.05, 0.1) is 41.4 Å². The van der Waals surface area contributed by atoms with Crippen LogP contribution in [0.15, 0.2) is 66.7 Å². The second-order valence-corrected chi connectivity index (χ2v) is 11.0. The molecule has 14 heteroatoms. The molecule has 2 aromatic carbocycles. The number of halogens is 4. The van der Waals surface area contributed by atoms with Crippen LogP contribution < -0.4 is 4.90 Å². The second kappa shape index (κ2) is 12.0. The molecule has 1 aliphatic heterocycles. The van der Waals surface area contributed by atoms with Crippen LogP contribution in [-0.2, 0) is 9.53 Å². The van der Waals surface area contributed by atoms with Gasteiger partial charge in [-0.25, -0.2) is 19.1 Å². The van der Waals surface area contributed by atoms with Crippen LogP contribution in [0.5, 0.6) is 0 Å². The number of para-hydroxylation sites is 1. The molecule has 232 valence electrons. The molecule has 2 atom stereocenters. The van der Waals surface area contributed by atoms with Crippen LogP contribution in [0.3, 0.4) is 0 Å². The summed E-state index contributed by atoms with van der Waals surface area (Å²) in [6.45, 7) is 2.77. The molecule has 0 amide bonds. The lowest BCUT2D eigenvalue weighted by Crippen LogP contribution is -2.36. The van der Waals surface area contributed by atoms with Crippen molar-refractivity contribution in [1.82, 2.24) is 19.6 Å². The number of pyridine rings is 1. The highest BCUT2D eigenvalue weighted by Gasteiger charge is 2.45. The fourth-order valence-electron chi connectivity index (χ4n) is 5.44. The maximum Gasteiger partial charge on any atom is 0.490 e. The number of nitrogens with zero attached hydrogens (tertiary/aromatic N) is 5. The van der Waals surface area contributed by atoms with Crippen molar-refractivity contribution in [3.63, 3.8) is 0 Å². The van der Waals surface area contributed by atoms with Crippen LogP contribution in [0.1, 0.15) is 40.0 Å². The highest BCUT2D eigenvalue weighted by Crippen LogP contribution is 2.56. The number of carboxylic acids is 2. The van der Waals surface area contributed by atoms with Crippen molar-refractivity contribution < 1.29 is 37.7 Å². The zero-order valence-corrected chi connectivity index (χ0v) is 24.2. The smallest absolute Gasteiger partial charge is 0.478 e. The molecule has 0 spiro atoms. The topological polar surface area (TPSA) is 130 Å². The monoisotopic (exact) mass is 639 g/mol. The summed E-state index contributed by atoms with van der Waals surface area (Å²) in [7, 11) is 0. The van der Waals surface area contributed by atoms with Crippen LogP contribution >= 0.6 is 11.6 Å². The Morgan fingerprint density at radius 1 is 0.933 bits per heavy atom. The number of ether oxygens (including phenoxy) is 1. The number of aromatic carboxylic acids is 1. The van der Waals surface area contributed by atoms with Crippen molar-refractivity contribution in [3.05, 3.63) is 88.8 Å². The summed E-state index contributed by atoms with van der Waals surface area (Å²) in [6, 6.07) is 21.1. The Labute approximate surface area is 258 Å². The van der Waals surface area contributed by atoms with Crippen molar-refractivity contribution in [2.24, 2.45) is 0 Å². The van der Waals surface area contributed by atoms with Gasteiger partial charge in [0.15, 0.2) is 10.8 Å². The van der Waals surface area contributed by atoms with Crippen LogP contribution in [0.2, 0.25) is 5.15 Å². The molecule has 45 heavy (non-hydrogen) atoms. The molecule has 0 radical (unpaired) electrons. The van der Waals surface area contributed by atoms with Gasteiger partial charge in [-0.3, -0.25) is 4.98 Å². The van der Waals surface area contributed by atoms with E-state index in [-0.39, 0.29) is 17.4 Å². The maximum absolute atomic E-state index is 11.5. The normalized spacial score (nSPS) is 18.0. The first-order valence-corrected chi connectivity index (χ1v) is 14.3. The van der Waals surface area contributed by atoms with E-state index in [2.05, 4.69) is 28.2 Å². The minimum atomic E-state index is -5.08. The maximum atomic E-state index is 11.5. The van der Waals surface area contributed by atoms with Crippen molar-refractivity contribution in [2.75, 3.05) is 31.2 Å². The molecule has 1 saturated carbocycles. The van der Waals surface area contributed by atoms with Gasteiger partial charge in [-0.05, 0) is 30.7 Å². The molecule has 4 heterocycles. The largest absolute Gasteiger partial charge is 0.490 e. The van der Waals surface area contributed by atoms with E-state index in [1.807, 2.05) is 40.9 Å². The fraction of sp³-hybridized carbons (Fsp3) is 0.258. The van der Waals surface area contributed by atoms with Gasteiger partial charge >= 0.3 is 18.1 Å². The minimum absolute atomic E-state index is 0.163. The van der Waals surface area contributed by atoms with Gasteiger partial charge in [0.25, 0.3) is 0 Å². The predicted molar refractivity (Wildman–Crippen MR) is 159 cm³/mol. The number of alkyl halides is 3. The van der Waals surface area contributed by atoms with Crippen molar-refractivity contribution in [1.29, 1.82) is 0 Å². The number of aliphatic carboxylic acids is 1. The summed E-state index contributed by atoms with van der Waals surface area (Å²) in [5, 5.41) is 22.7. The average molecular weight is 640 g/mol. The molecule has 5 aromatic rings. The number of imidazole rings is 1. The predicted octanol–water partition coefficient (Wildman–Crippen LogP) is 6.04. The molecule has 10 nitrogen and oxygen atoms in total. The number of aromatic nitrogens is 4. The summed E-state index contributed by atoms with van der Waals surface area (Å²) in [6.07, 6.45) is -4.16. The number of benzene rings is 2. The summed E-state index contributed by atoms with van der Waals surface area (Å²) in [5.74, 6) is -3.32. The number of morpholine rings is 1. The Bertz CT molecular complexity index is 1910. The van der Waals surface area contributed by atoms with E-state index in [1.165, 1.54) is 0 Å². The third-order valence-electron chi connectivity index (χ3n) is 7.70. The standard InChI is InChI=1S/C29H24ClN5O3.C2HF3O2/c30-25-16-24(34-11-13-38-14-12-34)28-32-26(27(35(28)33-25)18-5-7-19(8-6-18)29(36)37)21-15-20(21)23-10-9-17-3-1-2-4-22(17)31-23;3-2(4,5)1(6)7/h1-10,16,20-21H,11-15H2,(H,36,37);(H,6,7). The number of anilines is 1. The van der Waals surface area contributed by atoms with Crippen LogP contribution in [-0.4, -0.2) is 74.2 Å². The van der Waals surface area contributed by atoms with E-state index in [0.29, 0.717) is 18.4 Å². The Kier molecular flexibility index (Phi) is 8.06. The van der Waals surface area contributed by atoms with Crippen LogP contribution in [0, 0.1) is 0 Å². The number of hydrogen-bond acceptors (Lipinski definition) is 7. The van der Waals surface area contributed by atoms with Gasteiger partial charge in [0, 0.05) is 47.6 Å². The van der Waals surface area contributed by atoms with Gasteiger partial charge in [0.2, 0.25) is 0 Å². The third kappa shape index (κ3) is 6.26. The quantitative estimate of drug-likeness (QED) is 0.236. The zero-order chi connectivity index (χ0) is 31.9. The molecule has 2 unspecified atom stereocenters. The number of rotatable bonds is 5. The average Bonchev–Trinajstić information content (AvgIpc) is 3.74. The number of fused-ring (bicyclic) bond motifs is 2. The minimum Gasteiger partial charge on any atom is -0.478 e. The van der Waals surface area contributed by atoms with E-state index >= 15 is 0 Å².